The third-order valence-corrected chi connectivity index (χ3v) is 14.6. The quantitative estimate of drug-likeness (QED) is 0.340. The van der Waals surface area contributed by atoms with E-state index in [4.69, 9.17) is 14.2 Å². The van der Waals surface area contributed by atoms with Crippen LogP contribution >= 0.6 is 0 Å². The van der Waals surface area contributed by atoms with Crippen LogP contribution in [0.15, 0.2) is 18.2 Å². The van der Waals surface area contributed by atoms with E-state index in [1.54, 1.807) is 32.0 Å². The van der Waals surface area contributed by atoms with Gasteiger partial charge in [0.1, 0.15) is 40.9 Å². The first-order chi connectivity index (χ1) is 26.8. The fourth-order valence-electron chi connectivity index (χ4n) is 8.71. The number of ether oxygens (including phenoxy) is 3. The van der Waals surface area contributed by atoms with Gasteiger partial charge in [0, 0.05) is 23.8 Å². The van der Waals surface area contributed by atoms with Gasteiger partial charge in [0.15, 0.2) is 0 Å². The van der Waals surface area contributed by atoms with Crippen molar-refractivity contribution in [1.82, 2.24) is 25.2 Å². The molecule has 14 nitrogen and oxygen atoms in total. The smallest absolute Gasteiger partial charge is 0.407 e. The number of hydrogen-bond donors (Lipinski definition) is 3. The van der Waals surface area contributed by atoms with Crippen LogP contribution in [0, 0.1) is 18.3 Å². The van der Waals surface area contributed by atoms with Gasteiger partial charge >= 0.3 is 6.09 Å². The molecule has 2 aromatic rings. The Labute approximate surface area is 333 Å². The summed E-state index contributed by atoms with van der Waals surface area (Å²) in [4.78, 5) is 62.6. The Morgan fingerprint density at radius 3 is 2.46 bits per heavy atom. The summed E-state index contributed by atoms with van der Waals surface area (Å²) in [6.07, 6.45) is 3.14. The van der Waals surface area contributed by atoms with E-state index >= 15 is 4.39 Å². The molecule has 4 fully saturated rings. The second-order valence-corrected chi connectivity index (χ2v) is 20.6. The average Bonchev–Trinajstić information content (AvgIpc) is 4.03. The molecule has 4 amide bonds. The predicted molar refractivity (Wildman–Crippen MR) is 209 cm³/mol. The number of amides is 4. The number of nitrogens with one attached hydrogen (secondary N) is 3. The Balaban J connectivity index is 1.24. The Kier molecular flexibility index (Phi) is 10.7. The Bertz CT molecular complexity index is 2070. The van der Waals surface area contributed by atoms with Crippen molar-refractivity contribution in [2.75, 3.05) is 20.3 Å². The molecule has 16 heteroatoms. The second kappa shape index (κ2) is 14.9. The lowest BCUT2D eigenvalue weighted by Gasteiger charge is -2.38. The maximum absolute atomic E-state index is 16.8. The number of aryl methyl sites for hydroxylation is 1. The maximum atomic E-state index is 16.8. The van der Waals surface area contributed by atoms with Crippen LogP contribution in [0.25, 0.3) is 10.9 Å². The number of alkyl carbamates (subject to hydrolysis) is 1. The Morgan fingerprint density at radius 1 is 1.07 bits per heavy atom. The van der Waals surface area contributed by atoms with Gasteiger partial charge in [-0.05, 0) is 75.5 Å². The Hall–Kier alpha value is -4.21. The molecule has 6 atom stereocenters. The third-order valence-electron chi connectivity index (χ3n) is 12.5. The van der Waals surface area contributed by atoms with E-state index in [2.05, 4.69) is 20.3 Å². The van der Waals surface area contributed by atoms with Crippen LogP contribution in [0.2, 0.25) is 0 Å². The van der Waals surface area contributed by atoms with Gasteiger partial charge in [0.2, 0.25) is 21.8 Å². The monoisotopic (exact) mass is 813 g/mol. The van der Waals surface area contributed by atoms with Gasteiger partial charge in [-0.25, -0.2) is 22.6 Å². The van der Waals surface area contributed by atoms with Gasteiger partial charge < -0.3 is 29.7 Å². The lowest BCUT2D eigenvalue weighted by Crippen LogP contribution is -2.58. The van der Waals surface area contributed by atoms with E-state index in [1.165, 1.54) is 12.0 Å². The number of rotatable bonds is 6. The van der Waals surface area contributed by atoms with E-state index in [0.717, 1.165) is 25.7 Å². The van der Waals surface area contributed by atoms with Crippen molar-refractivity contribution in [3.63, 3.8) is 0 Å². The van der Waals surface area contributed by atoms with Crippen LogP contribution in [0.1, 0.15) is 122 Å². The standard InChI is InChI=1S/C41H56FN5O9S/c1-24-33-32(27-18-26(54-6)14-15-29(27)43-24)28(42)20-40(56-33)21-31-34(48)45-41(36(50)46-57(52,53)39(5)16-17-39)19-25(41)12-10-8-7-9-11-13-30(35(49)47(31)22-40)44-37(51)55-23-38(2,3)4/h14-15,18,25,28,30-31H,7-13,16-17,19-23H2,1-6H3,(H,44,51)(H,45,48)(H,46,50)/t25-,28+,30-,31-,40+,41+/m0/s1. The average molecular weight is 814 g/mol. The van der Waals surface area contributed by atoms with Gasteiger partial charge in [-0.1, -0.05) is 52.9 Å². The number of benzene rings is 1. The molecule has 0 radical (unpaired) electrons. The summed E-state index contributed by atoms with van der Waals surface area (Å²) in [6, 6.07) is 2.89. The lowest BCUT2D eigenvalue weighted by atomic mass is 9.86. The van der Waals surface area contributed by atoms with Gasteiger partial charge in [0.05, 0.1) is 36.2 Å². The molecule has 1 aromatic carbocycles. The molecule has 1 aromatic heterocycles. The number of carbonyl (C=O) groups is 4. The maximum Gasteiger partial charge on any atom is 0.407 e. The number of nitrogens with zero attached hydrogens (tertiary/aromatic N) is 2. The number of fused-ring (bicyclic) bond motifs is 5. The highest BCUT2D eigenvalue weighted by Gasteiger charge is 2.64. The molecule has 2 aliphatic carbocycles. The molecule has 3 N–H and O–H groups in total. The SMILES string of the molecule is COc1ccc2nc(C)c3c(c2c1)[C@H](F)C[C@]1(C[C@H]2C(=O)N[C@]4(C(=O)NS(=O)(=O)C5(C)CC5)C[C@@H]4CCCCCCC[C@H](NC(=O)OCC(C)(C)C)C(=O)N2C1)O3. The first-order valence-corrected chi connectivity index (χ1v) is 21.7. The third kappa shape index (κ3) is 8.11. The summed E-state index contributed by atoms with van der Waals surface area (Å²) in [5.74, 6) is -1.60. The van der Waals surface area contributed by atoms with Crippen molar-refractivity contribution in [3.8, 4) is 11.5 Å². The van der Waals surface area contributed by atoms with Crippen molar-refractivity contribution < 1.29 is 46.2 Å². The highest BCUT2D eigenvalue weighted by atomic mass is 32.2. The van der Waals surface area contributed by atoms with Gasteiger partial charge in [-0.2, -0.15) is 0 Å². The number of alkyl halides is 1. The van der Waals surface area contributed by atoms with Gasteiger partial charge in [0.25, 0.3) is 5.91 Å². The Morgan fingerprint density at radius 2 is 1.77 bits per heavy atom. The van der Waals surface area contributed by atoms with Crippen LogP contribution < -0.4 is 24.8 Å². The zero-order chi connectivity index (χ0) is 41.1. The van der Waals surface area contributed by atoms with Gasteiger partial charge in [-0.15, -0.1) is 0 Å². The van der Waals surface area contributed by atoms with E-state index in [0.29, 0.717) is 53.6 Å². The molecule has 4 heterocycles. The fraction of sp³-hybridized carbons (Fsp3) is 0.683. The number of carbonyl (C=O) groups excluding carboxylic acids is 4. The molecule has 57 heavy (non-hydrogen) atoms. The van der Waals surface area contributed by atoms with Crippen LogP contribution in [0.5, 0.6) is 11.5 Å². The summed E-state index contributed by atoms with van der Waals surface area (Å²) >= 11 is 0. The molecule has 312 valence electrons. The minimum Gasteiger partial charge on any atom is -0.497 e. The first kappa shape index (κ1) is 41.0. The molecule has 2 saturated carbocycles. The molecular formula is C41H56FN5O9S. The minimum atomic E-state index is -4.01. The summed E-state index contributed by atoms with van der Waals surface area (Å²) in [6.45, 7) is 8.97. The number of methoxy groups -OCH3 is 1. The second-order valence-electron chi connectivity index (χ2n) is 18.4. The van der Waals surface area contributed by atoms with Crippen molar-refractivity contribution in [2.45, 2.75) is 146 Å². The predicted octanol–water partition coefficient (Wildman–Crippen LogP) is 5.44. The zero-order valence-electron chi connectivity index (χ0n) is 33.8. The van der Waals surface area contributed by atoms with Crippen molar-refractivity contribution in [2.24, 2.45) is 11.3 Å². The minimum absolute atomic E-state index is 0.108. The van der Waals surface area contributed by atoms with Crippen LogP contribution in [0.4, 0.5) is 9.18 Å². The van der Waals surface area contributed by atoms with Crippen LogP contribution in [-0.4, -0.2) is 90.3 Å². The summed E-state index contributed by atoms with van der Waals surface area (Å²) in [7, 11) is -2.49. The molecule has 5 aliphatic rings. The largest absolute Gasteiger partial charge is 0.497 e. The van der Waals surface area contributed by atoms with E-state index < -0.39 is 68.0 Å². The number of aromatic nitrogens is 1. The lowest BCUT2D eigenvalue weighted by molar-refractivity contribution is -0.141. The summed E-state index contributed by atoms with van der Waals surface area (Å²) in [5.41, 5.74) is -1.90. The number of halogens is 1. The highest BCUT2D eigenvalue weighted by molar-refractivity contribution is 7.91. The molecular weight excluding hydrogens is 758 g/mol. The fourth-order valence-corrected chi connectivity index (χ4v) is 10.0. The van der Waals surface area contributed by atoms with Crippen molar-refractivity contribution in [1.29, 1.82) is 0 Å². The highest BCUT2D eigenvalue weighted by Crippen LogP contribution is 2.52. The molecule has 2 saturated heterocycles. The molecule has 3 aliphatic heterocycles. The molecule has 7 rings (SSSR count). The normalized spacial score (nSPS) is 30.1. The van der Waals surface area contributed by atoms with Crippen LogP contribution in [0.3, 0.4) is 0 Å². The van der Waals surface area contributed by atoms with Crippen molar-refractivity contribution >= 4 is 44.7 Å². The van der Waals surface area contributed by atoms with Gasteiger partial charge in [-0.3, -0.25) is 19.1 Å². The number of sulfonamides is 1. The van der Waals surface area contributed by atoms with Crippen molar-refractivity contribution in [3.05, 3.63) is 29.5 Å². The van der Waals surface area contributed by atoms with E-state index in [-0.39, 0.29) is 55.9 Å². The molecule has 1 spiro atoms. The summed E-state index contributed by atoms with van der Waals surface area (Å²) in [5, 5.41) is 6.20. The summed E-state index contributed by atoms with van der Waals surface area (Å²) < 4.78 is 62.1. The zero-order valence-corrected chi connectivity index (χ0v) is 34.6. The van der Waals surface area contributed by atoms with E-state index in [1.807, 2.05) is 20.8 Å². The molecule has 0 bridgehead atoms. The number of hydrogen-bond acceptors (Lipinski definition) is 10. The van der Waals surface area contributed by atoms with Crippen LogP contribution in [-0.2, 0) is 29.1 Å². The van der Waals surface area contributed by atoms with E-state index in [9.17, 15) is 27.6 Å². The number of pyridine rings is 1. The first-order valence-electron chi connectivity index (χ1n) is 20.2. The molecule has 0 unspecified atom stereocenters. The topological polar surface area (TPSA) is 182 Å².